The van der Waals surface area contributed by atoms with E-state index in [1.165, 1.54) is 0 Å². The Labute approximate surface area is 83.6 Å². The first-order valence-corrected chi connectivity index (χ1v) is 4.56. The minimum absolute atomic E-state index is 0.592. The molecule has 0 saturated heterocycles. The van der Waals surface area contributed by atoms with Gasteiger partial charge in [-0.1, -0.05) is 5.92 Å². The third-order valence-corrected chi connectivity index (χ3v) is 1.79. The quantitative estimate of drug-likeness (QED) is 0.665. The maximum Gasteiger partial charge on any atom is 0.293 e. The van der Waals surface area contributed by atoms with Crippen LogP contribution in [0, 0.1) is 11.8 Å². The fraction of sp³-hybridized carbons (Fsp3) is 0.364. The lowest BCUT2D eigenvalue weighted by molar-refractivity contribution is -0.112. The number of allylic oxidation sites excluding steroid dienone is 4. The van der Waals surface area contributed by atoms with Gasteiger partial charge in [-0.3, -0.25) is 4.79 Å². The Bertz CT molecular complexity index is 342. The molecule has 0 bridgehead atoms. The molecular formula is C11H13NO2. The normalized spacial score (nSPS) is 14.6. The molecule has 14 heavy (non-hydrogen) atoms. The number of primary amides is 1. The molecule has 0 aliphatic heterocycles. The Morgan fingerprint density at radius 2 is 2.36 bits per heavy atom. The van der Waals surface area contributed by atoms with E-state index < -0.39 is 5.91 Å². The zero-order chi connectivity index (χ0) is 10.4. The van der Waals surface area contributed by atoms with Crippen molar-refractivity contribution in [3.05, 3.63) is 23.5 Å². The molecule has 1 amide bonds. The van der Waals surface area contributed by atoms with E-state index in [1.54, 1.807) is 0 Å². The SMILES string of the molecule is CCOC1=CC=C(C#CC(N)=O)CC1. The van der Waals surface area contributed by atoms with Crippen molar-refractivity contribution in [3.8, 4) is 11.8 Å². The van der Waals surface area contributed by atoms with Crippen molar-refractivity contribution in [2.24, 2.45) is 5.73 Å². The molecule has 0 unspecified atom stereocenters. The summed E-state index contributed by atoms with van der Waals surface area (Å²) in [4.78, 5) is 10.4. The van der Waals surface area contributed by atoms with Crippen LogP contribution in [0.3, 0.4) is 0 Å². The Balaban J connectivity index is 2.61. The number of carbonyl (C=O) groups is 1. The zero-order valence-electron chi connectivity index (χ0n) is 8.17. The molecule has 0 fully saturated rings. The standard InChI is InChI=1S/C11H13NO2/c1-2-14-10-6-3-9(4-7-10)5-8-11(12)13/h3,6H,2,4,7H2,1H3,(H2,12,13). The van der Waals surface area contributed by atoms with Crippen LogP contribution in [0.15, 0.2) is 23.5 Å². The van der Waals surface area contributed by atoms with Gasteiger partial charge in [0, 0.05) is 12.0 Å². The molecule has 0 saturated carbocycles. The van der Waals surface area contributed by atoms with Crippen molar-refractivity contribution in [1.82, 2.24) is 0 Å². The first-order valence-electron chi connectivity index (χ1n) is 4.56. The lowest BCUT2D eigenvalue weighted by Crippen LogP contribution is -2.06. The predicted molar refractivity (Wildman–Crippen MR) is 54.0 cm³/mol. The Hall–Kier alpha value is -1.69. The number of hydrogen-bond donors (Lipinski definition) is 1. The minimum atomic E-state index is -0.592. The summed E-state index contributed by atoms with van der Waals surface area (Å²) in [6.45, 7) is 2.63. The van der Waals surface area contributed by atoms with E-state index in [9.17, 15) is 4.79 Å². The Kier molecular flexibility index (Phi) is 3.81. The highest BCUT2D eigenvalue weighted by molar-refractivity contribution is 5.92. The monoisotopic (exact) mass is 191 g/mol. The molecule has 0 aromatic rings. The highest BCUT2D eigenvalue weighted by Crippen LogP contribution is 2.18. The maximum atomic E-state index is 10.4. The van der Waals surface area contributed by atoms with Gasteiger partial charge in [-0.05, 0) is 31.4 Å². The highest BCUT2D eigenvalue weighted by atomic mass is 16.5. The van der Waals surface area contributed by atoms with E-state index in [0.717, 1.165) is 24.2 Å². The van der Waals surface area contributed by atoms with Crippen molar-refractivity contribution < 1.29 is 9.53 Å². The van der Waals surface area contributed by atoms with Crippen LogP contribution in [-0.4, -0.2) is 12.5 Å². The van der Waals surface area contributed by atoms with E-state index in [4.69, 9.17) is 10.5 Å². The second kappa shape index (κ2) is 5.13. The van der Waals surface area contributed by atoms with Crippen LogP contribution in [0.4, 0.5) is 0 Å². The highest BCUT2D eigenvalue weighted by Gasteiger charge is 2.04. The molecule has 2 N–H and O–H groups in total. The van der Waals surface area contributed by atoms with Gasteiger partial charge in [0.2, 0.25) is 0 Å². The molecule has 1 rings (SSSR count). The molecule has 0 heterocycles. The minimum Gasteiger partial charge on any atom is -0.498 e. The fourth-order valence-corrected chi connectivity index (χ4v) is 1.17. The molecule has 74 valence electrons. The van der Waals surface area contributed by atoms with Gasteiger partial charge in [0.1, 0.15) is 0 Å². The van der Waals surface area contributed by atoms with E-state index in [1.807, 2.05) is 19.1 Å². The molecule has 3 heteroatoms. The second-order valence-electron chi connectivity index (χ2n) is 2.87. The first kappa shape index (κ1) is 10.4. The summed E-state index contributed by atoms with van der Waals surface area (Å²) in [6, 6.07) is 0. The fourth-order valence-electron chi connectivity index (χ4n) is 1.17. The Morgan fingerprint density at radius 1 is 1.57 bits per heavy atom. The number of nitrogens with two attached hydrogens (primary N) is 1. The molecule has 0 atom stereocenters. The molecule has 1 aliphatic carbocycles. The lowest BCUT2D eigenvalue weighted by atomic mass is 10.0. The number of ether oxygens (including phenoxy) is 1. The lowest BCUT2D eigenvalue weighted by Gasteiger charge is -2.11. The summed E-state index contributed by atoms with van der Waals surface area (Å²) in [5, 5.41) is 0. The summed E-state index contributed by atoms with van der Waals surface area (Å²) < 4.78 is 5.33. The van der Waals surface area contributed by atoms with E-state index >= 15 is 0 Å². The van der Waals surface area contributed by atoms with Crippen molar-refractivity contribution in [3.63, 3.8) is 0 Å². The topological polar surface area (TPSA) is 52.3 Å². The van der Waals surface area contributed by atoms with Crippen molar-refractivity contribution in [1.29, 1.82) is 0 Å². The van der Waals surface area contributed by atoms with Gasteiger partial charge < -0.3 is 10.5 Å². The van der Waals surface area contributed by atoms with Gasteiger partial charge in [0.25, 0.3) is 5.91 Å². The smallest absolute Gasteiger partial charge is 0.293 e. The molecule has 0 spiro atoms. The maximum absolute atomic E-state index is 10.4. The van der Waals surface area contributed by atoms with Crippen molar-refractivity contribution >= 4 is 5.91 Å². The molecule has 0 aromatic heterocycles. The number of carbonyl (C=O) groups excluding carboxylic acids is 1. The van der Waals surface area contributed by atoms with Crippen LogP contribution in [0.5, 0.6) is 0 Å². The van der Waals surface area contributed by atoms with Crippen LogP contribution in [0.25, 0.3) is 0 Å². The molecule has 0 radical (unpaired) electrons. The zero-order valence-corrected chi connectivity index (χ0v) is 8.17. The third kappa shape index (κ3) is 3.36. The van der Waals surface area contributed by atoms with E-state index in [-0.39, 0.29) is 0 Å². The molecule has 3 nitrogen and oxygen atoms in total. The molecular weight excluding hydrogens is 178 g/mol. The van der Waals surface area contributed by atoms with Gasteiger partial charge in [-0.15, -0.1) is 0 Å². The summed E-state index contributed by atoms with van der Waals surface area (Å²) in [5.74, 6) is 5.41. The largest absolute Gasteiger partial charge is 0.498 e. The average Bonchev–Trinajstić information content (AvgIpc) is 2.17. The van der Waals surface area contributed by atoms with Crippen LogP contribution < -0.4 is 5.73 Å². The average molecular weight is 191 g/mol. The predicted octanol–water partition coefficient (Wildman–Crippen LogP) is 1.12. The summed E-state index contributed by atoms with van der Waals surface area (Å²) in [7, 11) is 0. The van der Waals surface area contributed by atoms with Gasteiger partial charge in [-0.2, -0.15) is 0 Å². The van der Waals surface area contributed by atoms with Crippen molar-refractivity contribution in [2.75, 3.05) is 6.61 Å². The molecule has 0 aromatic carbocycles. The number of rotatable bonds is 2. The molecule has 1 aliphatic rings. The van der Waals surface area contributed by atoms with Gasteiger partial charge >= 0.3 is 0 Å². The number of amides is 1. The van der Waals surface area contributed by atoms with Gasteiger partial charge in [0.05, 0.1) is 12.4 Å². The van der Waals surface area contributed by atoms with Crippen LogP contribution >= 0.6 is 0 Å². The van der Waals surface area contributed by atoms with Crippen LogP contribution in [-0.2, 0) is 9.53 Å². The Morgan fingerprint density at radius 3 is 2.86 bits per heavy atom. The first-order chi connectivity index (χ1) is 6.72. The summed E-state index contributed by atoms with van der Waals surface area (Å²) in [5.41, 5.74) is 5.83. The summed E-state index contributed by atoms with van der Waals surface area (Å²) in [6.07, 6.45) is 5.40. The number of hydrogen-bond acceptors (Lipinski definition) is 2. The van der Waals surface area contributed by atoms with Gasteiger partial charge in [0.15, 0.2) is 0 Å². The van der Waals surface area contributed by atoms with E-state index in [2.05, 4.69) is 11.8 Å². The third-order valence-electron chi connectivity index (χ3n) is 1.79. The van der Waals surface area contributed by atoms with Gasteiger partial charge in [-0.25, -0.2) is 0 Å². The van der Waals surface area contributed by atoms with Crippen LogP contribution in [0.2, 0.25) is 0 Å². The van der Waals surface area contributed by atoms with Crippen molar-refractivity contribution in [2.45, 2.75) is 19.8 Å². The van der Waals surface area contributed by atoms with E-state index in [0.29, 0.717) is 6.61 Å². The van der Waals surface area contributed by atoms with Crippen LogP contribution in [0.1, 0.15) is 19.8 Å². The second-order valence-corrected chi connectivity index (χ2v) is 2.87. The summed E-state index contributed by atoms with van der Waals surface area (Å²) >= 11 is 0.